The number of nitrogens with one attached hydrogen (secondary N) is 1. The normalized spacial score (nSPS) is 17.8. The molecule has 0 bridgehead atoms. The van der Waals surface area contributed by atoms with Crippen LogP contribution in [0.15, 0.2) is 12.1 Å². The highest BCUT2D eigenvalue weighted by atomic mass is 35.5. The van der Waals surface area contributed by atoms with Gasteiger partial charge in [0.25, 0.3) is 5.91 Å². The standard InChI is InChI=1S/C11H15ClN2OS/c1-13-8-4-6-14(7-5-8)11(15)9-2-3-10(12)16-9/h2-3,8,13H,4-7H2,1H3. The Labute approximate surface area is 104 Å². The lowest BCUT2D eigenvalue weighted by Crippen LogP contribution is -2.43. The molecule has 0 atom stereocenters. The van der Waals surface area contributed by atoms with Crippen molar-refractivity contribution in [3.63, 3.8) is 0 Å². The SMILES string of the molecule is CNC1CCN(C(=O)c2ccc(Cl)s2)CC1. The van der Waals surface area contributed by atoms with Crippen LogP contribution in [0.5, 0.6) is 0 Å². The molecule has 16 heavy (non-hydrogen) atoms. The summed E-state index contributed by atoms with van der Waals surface area (Å²) in [4.78, 5) is 14.7. The quantitative estimate of drug-likeness (QED) is 0.882. The number of halogens is 1. The predicted molar refractivity (Wildman–Crippen MR) is 67.3 cm³/mol. The van der Waals surface area contributed by atoms with E-state index in [1.807, 2.05) is 11.9 Å². The molecule has 0 spiro atoms. The molecule has 1 aliphatic heterocycles. The molecule has 1 aromatic heterocycles. The molecule has 1 aromatic rings. The van der Waals surface area contributed by atoms with Crippen LogP contribution < -0.4 is 5.32 Å². The molecule has 88 valence electrons. The van der Waals surface area contributed by atoms with Crippen molar-refractivity contribution < 1.29 is 4.79 Å². The highest BCUT2D eigenvalue weighted by molar-refractivity contribution is 7.17. The number of hydrogen-bond acceptors (Lipinski definition) is 3. The van der Waals surface area contributed by atoms with Crippen LogP contribution in [0.2, 0.25) is 4.34 Å². The lowest BCUT2D eigenvalue weighted by molar-refractivity contribution is 0.0712. The van der Waals surface area contributed by atoms with Gasteiger partial charge in [-0.25, -0.2) is 0 Å². The molecule has 1 amide bonds. The van der Waals surface area contributed by atoms with Gasteiger partial charge in [-0.3, -0.25) is 4.79 Å². The van der Waals surface area contributed by atoms with E-state index in [2.05, 4.69) is 5.32 Å². The summed E-state index contributed by atoms with van der Waals surface area (Å²) in [5, 5.41) is 3.25. The second-order valence-electron chi connectivity index (χ2n) is 3.96. The topological polar surface area (TPSA) is 32.3 Å². The van der Waals surface area contributed by atoms with Crippen LogP contribution in [-0.2, 0) is 0 Å². The maximum Gasteiger partial charge on any atom is 0.263 e. The number of carbonyl (C=O) groups excluding carboxylic acids is 1. The highest BCUT2D eigenvalue weighted by Gasteiger charge is 2.23. The zero-order valence-corrected chi connectivity index (χ0v) is 10.8. The van der Waals surface area contributed by atoms with Gasteiger partial charge in [0, 0.05) is 19.1 Å². The molecule has 0 radical (unpaired) electrons. The van der Waals surface area contributed by atoms with Gasteiger partial charge in [-0.05, 0) is 32.0 Å². The summed E-state index contributed by atoms with van der Waals surface area (Å²) >= 11 is 7.18. The van der Waals surface area contributed by atoms with Gasteiger partial charge < -0.3 is 10.2 Å². The third kappa shape index (κ3) is 2.56. The molecular weight excluding hydrogens is 244 g/mol. The van der Waals surface area contributed by atoms with Crippen LogP contribution in [0, 0.1) is 0 Å². The summed E-state index contributed by atoms with van der Waals surface area (Å²) < 4.78 is 0.675. The number of carbonyl (C=O) groups is 1. The Morgan fingerprint density at radius 2 is 2.19 bits per heavy atom. The molecule has 0 aromatic carbocycles. The van der Waals surface area contributed by atoms with Crippen molar-refractivity contribution in [3.8, 4) is 0 Å². The van der Waals surface area contributed by atoms with Gasteiger partial charge in [-0.15, -0.1) is 11.3 Å². The van der Waals surface area contributed by atoms with Crippen LogP contribution in [0.25, 0.3) is 0 Å². The van der Waals surface area contributed by atoms with Gasteiger partial charge in [0.05, 0.1) is 9.21 Å². The molecule has 1 saturated heterocycles. The van der Waals surface area contributed by atoms with Gasteiger partial charge in [0.1, 0.15) is 0 Å². The number of likely N-dealkylation sites (tertiary alicyclic amines) is 1. The maximum absolute atomic E-state index is 12.1. The number of rotatable bonds is 2. The second-order valence-corrected chi connectivity index (χ2v) is 5.67. The fourth-order valence-electron chi connectivity index (χ4n) is 1.96. The molecule has 5 heteroatoms. The largest absolute Gasteiger partial charge is 0.338 e. The molecule has 0 unspecified atom stereocenters. The molecule has 1 fully saturated rings. The first-order valence-corrected chi connectivity index (χ1v) is 6.62. The third-order valence-electron chi connectivity index (χ3n) is 2.97. The third-order valence-corrected chi connectivity index (χ3v) is 4.19. The van der Waals surface area contributed by atoms with Crippen molar-refractivity contribution in [3.05, 3.63) is 21.3 Å². The van der Waals surface area contributed by atoms with Gasteiger partial charge in [-0.2, -0.15) is 0 Å². The Morgan fingerprint density at radius 3 is 2.69 bits per heavy atom. The van der Waals surface area contributed by atoms with E-state index >= 15 is 0 Å². The smallest absolute Gasteiger partial charge is 0.263 e. The number of thiophene rings is 1. The predicted octanol–water partition coefficient (Wildman–Crippen LogP) is 2.23. The minimum absolute atomic E-state index is 0.117. The van der Waals surface area contributed by atoms with E-state index in [1.165, 1.54) is 11.3 Å². The molecule has 0 aliphatic carbocycles. The van der Waals surface area contributed by atoms with Gasteiger partial charge in [0.2, 0.25) is 0 Å². The number of amides is 1. The van der Waals surface area contributed by atoms with Crippen LogP contribution in [0.1, 0.15) is 22.5 Å². The first kappa shape index (κ1) is 11.9. The first-order chi connectivity index (χ1) is 7.70. The van der Waals surface area contributed by atoms with Gasteiger partial charge >= 0.3 is 0 Å². The minimum atomic E-state index is 0.117. The van der Waals surface area contributed by atoms with E-state index in [0.29, 0.717) is 10.4 Å². The van der Waals surface area contributed by atoms with E-state index in [-0.39, 0.29) is 5.91 Å². The van der Waals surface area contributed by atoms with Gasteiger partial charge in [0.15, 0.2) is 0 Å². The summed E-state index contributed by atoms with van der Waals surface area (Å²) in [7, 11) is 1.97. The average Bonchev–Trinajstić information content (AvgIpc) is 2.75. The number of hydrogen-bond donors (Lipinski definition) is 1. The monoisotopic (exact) mass is 258 g/mol. The molecule has 1 aliphatic rings. The molecule has 2 heterocycles. The van der Waals surface area contributed by atoms with E-state index in [4.69, 9.17) is 11.6 Å². The Bertz CT molecular complexity index is 372. The summed E-state index contributed by atoms with van der Waals surface area (Å²) in [5.41, 5.74) is 0. The van der Waals surface area contributed by atoms with Crippen molar-refractivity contribution in [2.75, 3.05) is 20.1 Å². The molecule has 3 nitrogen and oxygen atoms in total. The molecule has 1 N–H and O–H groups in total. The number of piperidine rings is 1. The molecule has 2 rings (SSSR count). The first-order valence-electron chi connectivity index (χ1n) is 5.42. The maximum atomic E-state index is 12.1. The molecule has 0 saturated carbocycles. The highest BCUT2D eigenvalue weighted by Crippen LogP contribution is 2.23. The lowest BCUT2D eigenvalue weighted by atomic mass is 10.1. The van der Waals surface area contributed by atoms with Crippen molar-refractivity contribution >= 4 is 28.8 Å². The van der Waals surface area contributed by atoms with E-state index < -0.39 is 0 Å². The fourth-order valence-corrected chi connectivity index (χ4v) is 2.97. The average molecular weight is 259 g/mol. The Balaban J connectivity index is 1.96. The minimum Gasteiger partial charge on any atom is -0.338 e. The van der Waals surface area contributed by atoms with Crippen molar-refractivity contribution in [2.24, 2.45) is 0 Å². The Morgan fingerprint density at radius 1 is 1.50 bits per heavy atom. The van der Waals surface area contributed by atoms with Crippen molar-refractivity contribution in [1.82, 2.24) is 10.2 Å². The van der Waals surface area contributed by atoms with Crippen LogP contribution >= 0.6 is 22.9 Å². The van der Waals surface area contributed by atoms with Crippen LogP contribution in [0.4, 0.5) is 0 Å². The zero-order chi connectivity index (χ0) is 11.5. The Hall–Kier alpha value is -0.580. The summed E-state index contributed by atoms with van der Waals surface area (Å²) in [6.45, 7) is 1.67. The van der Waals surface area contributed by atoms with E-state index in [9.17, 15) is 4.79 Å². The van der Waals surface area contributed by atoms with Crippen LogP contribution in [0.3, 0.4) is 0 Å². The zero-order valence-electron chi connectivity index (χ0n) is 9.20. The summed E-state index contributed by atoms with van der Waals surface area (Å²) in [6.07, 6.45) is 2.06. The fraction of sp³-hybridized carbons (Fsp3) is 0.545. The Kier molecular flexibility index (Phi) is 3.84. The summed E-state index contributed by atoms with van der Waals surface area (Å²) in [6, 6.07) is 4.13. The number of nitrogens with zero attached hydrogens (tertiary/aromatic N) is 1. The van der Waals surface area contributed by atoms with Crippen molar-refractivity contribution in [1.29, 1.82) is 0 Å². The van der Waals surface area contributed by atoms with E-state index in [1.54, 1.807) is 12.1 Å². The second kappa shape index (κ2) is 5.17. The van der Waals surface area contributed by atoms with Crippen molar-refractivity contribution in [2.45, 2.75) is 18.9 Å². The molecular formula is C11H15ClN2OS. The van der Waals surface area contributed by atoms with Crippen LogP contribution in [-0.4, -0.2) is 37.0 Å². The van der Waals surface area contributed by atoms with Gasteiger partial charge in [-0.1, -0.05) is 11.6 Å². The summed E-state index contributed by atoms with van der Waals surface area (Å²) in [5.74, 6) is 0.117. The lowest BCUT2D eigenvalue weighted by Gasteiger charge is -2.31. The van der Waals surface area contributed by atoms with E-state index in [0.717, 1.165) is 30.8 Å².